The van der Waals surface area contributed by atoms with Gasteiger partial charge in [-0.05, 0) is 12.1 Å². The van der Waals surface area contributed by atoms with Crippen LogP contribution in [0.1, 0.15) is 6.42 Å². The Morgan fingerprint density at radius 3 is 2.80 bits per heavy atom. The third kappa shape index (κ3) is 5.08. The number of benzene rings is 1. The van der Waals surface area contributed by atoms with Crippen molar-refractivity contribution in [1.82, 2.24) is 5.32 Å². The molecule has 1 rings (SSSR count). The third-order valence-electron chi connectivity index (χ3n) is 1.71. The summed E-state index contributed by atoms with van der Waals surface area (Å²) in [6.45, 7) is 0.0921. The maximum atomic E-state index is 11.1. The van der Waals surface area contributed by atoms with E-state index in [1.807, 2.05) is 36.4 Å². The first-order chi connectivity index (χ1) is 7.33. The molecule has 4 heteroatoms. The van der Waals surface area contributed by atoms with Crippen LogP contribution < -0.4 is 5.32 Å². The first-order valence-electron chi connectivity index (χ1n) is 4.64. The molecule has 1 aromatic rings. The van der Waals surface area contributed by atoms with Crippen molar-refractivity contribution in [3.8, 4) is 6.07 Å². The highest BCUT2D eigenvalue weighted by atomic mass is 32.2. The SMILES string of the molecule is N#CCNC(=O)CCSc1ccccc1. The first kappa shape index (κ1) is 11.6. The summed E-state index contributed by atoms with van der Waals surface area (Å²) < 4.78 is 0. The molecule has 0 bridgehead atoms. The summed E-state index contributed by atoms with van der Waals surface area (Å²) in [7, 11) is 0. The van der Waals surface area contributed by atoms with Crippen molar-refractivity contribution < 1.29 is 4.79 Å². The van der Waals surface area contributed by atoms with Crippen molar-refractivity contribution in [2.75, 3.05) is 12.3 Å². The summed E-state index contributed by atoms with van der Waals surface area (Å²) in [4.78, 5) is 12.3. The monoisotopic (exact) mass is 220 g/mol. The molecular formula is C11H12N2OS. The summed E-state index contributed by atoms with van der Waals surface area (Å²) in [5.74, 6) is 0.668. The molecule has 15 heavy (non-hydrogen) atoms. The molecule has 1 amide bonds. The fourth-order valence-electron chi connectivity index (χ4n) is 1.00. The van der Waals surface area contributed by atoms with E-state index >= 15 is 0 Å². The zero-order valence-electron chi connectivity index (χ0n) is 8.27. The van der Waals surface area contributed by atoms with Gasteiger partial charge < -0.3 is 5.32 Å². The molecule has 1 aromatic carbocycles. The number of amides is 1. The summed E-state index contributed by atoms with van der Waals surface area (Å²) in [5, 5.41) is 10.8. The van der Waals surface area contributed by atoms with E-state index < -0.39 is 0 Å². The molecule has 0 unspecified atom stereocenters. The Morgan fingerprint density at radius 1 is 1.40 bits per heavy atom. The normalized spacial score (nSPS) is 9.27. The Labute approximate surface area is 93.5 Å². The Bertz CT molecular complexity index is 345. The van der Waals surface area contributed by atoms with Gasteiger partial charge in [0.25, 0.3) is 0 Å². The molecule has 0 heterocycles. The standard InChI is InChI=1S/C11H12N2OS/c12-7-8-13-11(14)6-9-15-10-4-2-1-3-5-10/h1-5H,6,8-9H2,(H,13,14). The summed E-state index contributed by atoms with van der Waals surface area (Å²) >= 11 is 1.64. The van der Waals surface area contributed by atoms with Crippen LogP contribution in [-0.4, -0.2) is 18.2 Å². The quantitative estimate of drug-likeness (QED) is 0.608. The lowest BCUT2D eigenvalue weighted by Gasteiger charge is -2.01. The van der Waals surface area contributed by atoms with Crippen LogP contribution in [0.25, 0.3) is 0 Å². The minimum absolute atomic E-state index is 0.0695. The van der Waals surface area contributed by atoms with E-state index in [4.69, 9.17) is 5.26 Å². The zero-order chi connectivity index (χ0) is 10.9. The highest BCUT2D eigenvalue weighted by Crippen LogP contribution is 2.17. The van der Waals surface area contributed by atoms with Crippen molar-refractivity contribution in [2.45, 2.75) is 11.3 Å². The van der Waals surface area contributed by atoms with Crippen LogP contribution in [0.3, 0.4) is 0 Å². The molecule has 1 N–H and O–H groups in total. The van der Waals surface area contributed by atoms with Gasteiger partial charge in [0.05, 0.1) is 6.07 Å². The number of carbonyl (C=O) groups excluding carboxylic acids is 1. The van der Waals surface area contributed by atoms with Crippen molar-refractivity contribution in [3.63, 3.8) is 0 Å². The summed E-state index contributed by atoms with van der Waals surface area (Å²) in [5.41, 5.74) is 0. The van der Waals surface area contributed by atoms with Crippen molar-refractivity contribution in [3.05, 3.63) is 30.3 Å². The predicted molar refractivity (Wildman–Crippen MR) is 60.4 cm³/mol. The molecule has 3 nitrogen and oxygen atoms in total. The highest BCUT2D eigenvalue weighted by Gasteiger charge is 2.00. The summed E-state index contributed by atoms with van der Waals surface area (Å²) in [6, 6.07) is 11.8. The summed E-state index contributed by atoms with van der Waals surface area (Å²) in [6.07, 6.45) is 0.446. The topological polar surface area (TPSA) is 52.9 Å². The van der Waals surface area contributed by atoms with E-state index in [2.05, 4.69) is 5.32 Å². The minimum atomic E-state index is -0.0695. The second-order valence-electron chi connectivity index (χ2n) is 2.85. The Hall–Kier alpha value is -1.47. The number of nitrogens with zero attached hydrogens (tertiary/aromatic N) is 1. The molecule has 0 atom stereocenters. The molecule has 0 aromatic heterocycles. The Balaban J connectivity index is 2.17. The van der Waals surface area contributed by atoms with E-state index in [0.717, 1.165) is 10.6 Å². The Kier molecular flexibility index (Phi) is 5.34. The van der Waals surface area contributed by atoms with E-state index in [9.17, 15) is 4.79 Å². The molecule has 0 aliphatic rings. The highest BCUT2D eigenvalue weighted by molar-refractivity contribution is 7.99. The number of carbonyl (C=O) groups is 1. The van der Waals surface area contributed by atoms with Gasteiger partial charge >= 0.3 is 0 Å². The largest absolute Gasteiger partial charge is 0.343 e. The van der Waals surface area contributed by atoms with Crippen LogP contribution in [0.15, 0.2) is 35.2 Å². The van der Waals surface area contributed by atoms with E-state index in [1.165, 1.54) is 0 Å². The molecule has 0 saturated heterocycles. The number of nitrogens with one attached hydrogen (secondary N) is 1. The number of hydrogen-bond donors (Lipinski definition) is 1. The lowest BCUT2D eigenvalue weighted by Crippen LogP contribution is -2.23. The molecule has 0 fully saturated rings. The second-order valence-corrected chi connectivity index (χ2v) is 4.01. The number of hydrogen-bond acceptors (Lipinski definition) is 3. The van der Waals surface area contributed by atoms with Crippen molar-refractivity contribution in [1.29, 1.82) is 5.26 Å². The van der Waals surface area contributed by atoms with Crippen LogP contribution in [-0.2, 0) is 4.79 Å². The fourth-order valence-corrected chi connectivity index (χ4v) is 1.88. The van der Waals surface area contributed by atoms with E-state index in [-0.39, 0.29) is 12.5 Å². The predicted octanol–water partition coefficient (Wildman–Crippen LogP) is 1.81. The third-order valence-corrected chi connectivity index (χ3v) is 2.72. The maximum Gasteiger partial charge on any atom is 0.221 e. The number of rotatable bonds is 5. The van der Waals surface area contributed by atoms with Crippen molar-refractivity contribution >= 4 is 17.7 Å². The average molecular weight is 220 g/mol. The first-order valence-corrected chi connectivity index (χ1v) is 5.63. The lowest BCUT2D eigenvalue weighted by atomic mass is 10.4. The minimum Gasteiger partial charge on any atom is -0.343 e. The van der Waals surface area contributed by atoms with Gasteiger partial charge in [-0.1, -0.05) is 18.2 Å². The van der Waals surface area contributed by atoms with Gasteiger partial charge in [0.15, 0.2) is 0 Å². The fraction of sp³-hybridized carbons (Fsp3) is 0.273. The molecular weight excluding hydrogens is 208 g/mol. The van der Waals surface area contributed by atoms with Gasteiger partial charge in [0.1, 0.15) is 6.54 Å². The molecule has 0 spiro atoms. The van der Waals surface area contributed by atoms with Crippen LogP contribution >= 0.6 is 11.8 Å². The molecule has 0 aliphatic carbocycles. The number of thioether (sulfide) groups is 1. The van der Waals surface area contributed by atoms with Gasteiger partial charge in [-0.3, -0.25) is 4.79 Å². The van der Waals surface area contributed by atoms with Crippen LogP contribution in [0.5, 0.6) is 0 Å². The van der Waals surface area contributed by atoms with Crippen LogP contribution in [0.2, 0.25) is 0 Å². The molecule has 0 aliphatic heterocycles. The van der Waals surface area contributed by atoms with Gasteiger partial charge in [-0.15, -0.1) is 11.8 Å². The molecule has 0 radical (unpaired) electrons. The lowest BCUT2D eigenvalue weighted by molar-refractivity contribution is -0.120. The van der Waals surface area contributed by atoms with Gasteiger partial charge in [0.2, 0.25) is 5.91 Å². The molecule has 78 valence electrons. The van der Waals surface area contributed by atoms with Gasteiger partial charge in [-0.25, -0.2) is 0 Å². The van der Waals surface area contributed by atoms with E-state index in [1.54, 1.807) is 11.8 Å². The van der Waals surface area contributed by atoms with Gasteiger partial charge in [-0.2, -0.15) is 5.26 Å². The smallest absolute Gasteiger partial charge is 0.221 e. The van der Waals surface area contributed by atoms with E-state index in [0.29, 0.717) is 6.42 Å². The Morgan fingerprint density at radius 2 is 2.13 bits per heavy atom. The van der Waals surface area contributed by atoms with Crippen LogP contribution in [0.4, 0.5) is 0 Å². The maximum absolute atomic E-state index is 11.1. The average Bonchev–Trinajstić information content (AvgIpc) is 2.28. The molecule has 0 saturated carbocycles. The van der Waals surface area contributed by atoms with Crippen molar-refractivity contribution in [2.24, 2.45) is 0 Å². The van der Waals surface area contributed by atoms with Gasteiger partial charge in [0, 0.05) is 17.1 Å². The second kappa shape index (κ2) is 6.91. The number of nitriles is 1. The zero-order valence-corrected chi connectivity index (χ0v) is 9.09. The van der Waals surface area contributed by atoms with Crippen LogP contribution in [0, 0.1) is 11.3 Å².